The highest BCUT2D eigenvalue weighted by Gasteiger charge is 2.06. The van der Waals surface area contributed by atoms with Gasteiger partial charge in [-0.3, -0.25) is 0 Å². The lowest BCUT2D eigenvalue weighted by molar-refractivity contribution is -0.870. The van der Waals surface area contributed by atoms with Crippen LogP contribution >= 0.6 is 0 Å². The van der Waals surface area contributed by atoms with Crippen LogP contribution in [-0.2, 0) is 0 Å². The highest BCUT2D eigenvalue weighted by molar-refractivity contribution is 4.48. The Morgan fingerprint density at radius 1 is 0.333 bits per heavy atom. The van der Waals surface area contributed by atoms with Crippen LogP contribution in [0.2, 0.25) is 0 Å². The largest absolute Gasteiger partial charge is 0.331 e. The summed E-state index contributed by atoms with van der Waals surface area (Å²) in [5.41, 5.74) is 0. The van der Waals surface area contributed by atoms with Crippen LogP contribution in [0.25, 0.3) is 0 Å². The van der Waals surface area contributed by atoms with Crippen LogP contribution in [0.1, 0.15) is 70.6 Å². The number of hydrogen-bond donors (Lipinski definition) is 0. The van der Waals surface area contributed by atoms with Crippen LogP contribution in [-0.4, -0.2) is 64.3 Å². The van der Waals surface area contributed by atoms with E-state index in [1.807, 2.05) is 0 Å². The summed E-state index contributed by atoms with van der Waals surface area (Å²) in [6.07, 6.45) is 15.9. The molecule has 0 bridgehead atoms. The minimum Gasteiger partial charge on any atom is -0.331 e. The molecule has 0 saturated carbocycles. The highest BCUT2D eigenvalue weighted by Crippen LogP contribution is 2.12. The average Bonchev–Trinajstić information content (AvgIpc) is 2.32. The van der Waals surface area contributed by atoms with Crippen molar-refractivity contribution >= 4 is 0 Å². The van der Waals surface area contributed by atoms with E-state index in [9.17, 15) is 0 Å². The molecule has 0 fully saturated rings. The molecule has 0 aromatic rings. The fourth-order valence-corrected chi connectivity index (χ4v) is 2.76. The van der Waals surface area contributed by atoms with Gasteiger partial charge in [-0.25, -0.2) is 0 Å². The van der Waals surface area contributed by atoms with Gasteiger partial charge in [-0.1, -0.05) is 44.9 Å². The molecule has 0 heterocycles. The summed E-state index contributed by atoms with van der Waals surface area (Å²) in [5, 5.41) is 0. The maximum atomic E-state index is 2.29. The molecule has 0 aromatic carbocycles. The van der Waals surface area contributed by atoms with Crippen LogP contribution in [0.15, 0.2) is 0 Å². The first-order valence-corrected chi connectivity index (χ1v) is 9.32. The molecule has 0 N–H and O–H groups in total. The Labute approximate surface area is 135 Å². The van der Waals surface area contributed by atoms with Gasteiger partial charge in [0.1, 0.15) is 0 Å². The van der Waals surface area contributed by atoms with E-state index in [0.717, 1.165) is 8.97 Å². The van der Waals surface area contributed by atoms with E-state index < -0.39 is 0 Å². The zero-order valence-electron chi connectivity index (χ0n) is 16.1. The number of quaternary nitrogens is 2. The molecule has 0 saturated heterocycles. The molecule has 0 amide bonds. The number of unbranched alkanes of at least 4 members (excludes halogenated alkanes) is 10. The smallest absolute Gasteiger partial charge is 0.0780 e. The maximum absolute atomic E-state index is 2.29. The van der Waals surface area contributed by atoms with Crippen molar-refractivity contribution in [2.45, 2.75) is 70.6 Å². The predicted octanol–water partition coefficient (Wildman–Crippen LogP) is 4.69. The second-order valence-electron chi connectivity index (χ2n) is 8.92. The van der Waals surface area contributed by atoms with Gasteiger partial charge >= 0.3 is 0 Å². The zero-order chi connectivity index (χ0) is 16.2. The van der Waals surface area contributed by atoms with E-state index >= 15 is 0 Å². The molecule has 0 aliphatic rings. The number of hydrogen-bond acceptors (Lipinski definition) is 0. The second kappa shape index (κ2) is 11.5. The molecule has 2 heteroatoms. The Hall–Kier alpha value is -0.0800. The fourth-order valence-electron chi connectivity index (χ4n) is 2.76. The van der Waals surface area contributed by atoms with Crippen molar-refractivity contribution in [3.63, 3.8) is 0 Å². The lowest BCUT2D eigenvalue weighted by Gasteiger charge is -2.23. The molecular weight excluding hydrogens is 256 g/mol. The summed E-state index contributed by atoms with van der Waals surface area (Å²) in [6.45, 7) is 2.65. The second-order valence-corrected chi connectivity index (χ2v) is 8.92. The third-order valence-electron chi connectivity index (χ3n) is 4.16. The van der Waals surface area contributed by atoms with E-state index in [1.54, 1.807) is 0 Å². The van der Waals surface area contributed by atoms with Gasteiger partial charge in [-0.2, -0.15) is 0 Å². The van der Waals surface area contributed by atoms with Crippen molar-refractivity contribution in [3.05, 3.63) is 0 Å². The zero-order valence-corrected chi connectivity index (χ0v) is 16.1. The van der Waals surface area contributed by atoms with Gasteiger partial charge in [0, 0.05) is 0 Å². The van der Waals surface area contributed by atoms with Crippen molar-refractivity contribution in [2.24, 2.45) is 0 Å². The predicted molar refractivity (Wildman–Crippen MR) is 96.6 cm³/mol. The standard InChI is InChI=1S/C19H44N2/c1-20(2,3)18-16-14-12-10-8-7-9-11-13-15-17-19-21(4,5)6/h7-19H2,1-6H3/q+2. The normalized spacial score (nSPS) is 12.9. The fraction of sp³-hybridized carbons (Fsp3) is 1.00. The summed E-state index contributed by atoms with van der Waals surface area (Å²) in [6, 6.07) is 0. The Bertz CT molecular complexity index is 199. The first kappa shape index (κ1) is 20.9. The summed E-state index contributed by atoms with van der Waals surface area (Å²) in [7, 11) is 13.8. The van der Waals surface area contributed by atoms with E-state index in [-0.39, 0.29) is 0 Å². The molecule has 0 atom stereocenters. The van der Waals surface area contributed by atoms with Crippen LogP contribution in [0.3, 0.4) is 0 Å². The van der Waals surface area contributed by atoms with Crippen LogP contribution in [0, 0.1) is 0 Å². The Morgan fingerprint density at radius 2 is 0.524 bits per heavy atom. The maximum Gasteiger partial charge on any atom is 0.0780 e. The molecule has 0 spiro atoms. The van der Waals surface area contributed by atoms with E-state index in [1.165, 1.54) is 83.7 Å². The first-order valence-electron chi connectivity index (χ1n) is 9.32. The van der Waals surface area contributed by atoms with Gasteiger partial charge in [0.15, 0.2) is 0 Å². The molecule has 2 nitrogen and oxygen atoms in total. The van der Waals surface area contributed by atoms with E-state index in [4.69, 9.17) is 0 Å². The molecular formula is C19H44N2+2. The third-order valence-corrected chi connectivity index (χ3v) is 4.16. The highest BCUT2D eigenvalue weighted by atomic mass is 15.3. The summed E-state index contributed by atoms with van der Waals surface area (Å²) >= 11 is 0. The average molecular weight is 301 g/mol. The van der Waals surface area contributed by atoms with Gasteiger partial charge in [-0.05, 0) is 25.7 Å². The van der Waals surface area contributed by atoms with Crippen LogP contribution < -0.4 is 0 Å². The molecule has 0 rings (SSSR count). The van der Waals surface area contributed by atoms with E-state index in [0.29, 0.717) is 0 Å². The molecule has 21 heavy (non-hydrogen) atoms. The van der Waals surface area contributed by atoms with Crippen molar-refractivity contribution in [3.8, 4) is 0 Å². The van der Waals surface area contributed by atoms with Crippen LogP contribution in [0.5, 0.6) is 0 Å². The quantitative estimate of drug-likeness (QED) is 0.322. The van der Waals surface area contributed by atoms with Gasteiger partial charge in [0.2, 0.25) is 0 Å². The Balaban J connectivity index is 3.10. The summed E-state index contributed by atoms with van der Waals surface area (Å²) < 4.78 is 2.24. The monoisotopic (exact) mass is 300 g/mol. The van der Waals surface area contributed by atoms with Gasteiger partial charge in [0.25, 0.3) is 0 Å². The molecule has 128 valence electrons. The lowest BCUT2D eigenvalue weighted by Crippen LogP contribution is -2.35. The molecule has 0 aliphatic carbocycles. The topological polar surface area (TPSA) is 0 Å². The minimum absolute atomic E-state index is 1.12. The first-order chi connectivity index (χ1) is 9.71. The Kier molecular flexibility index (Phi) is 11.4. The number of rotatable bonds is 14. The molecule has 0 aliphatic heterocycles. The Morgan fingerprint density at radius 3 is 0.714 bits per heavy atom. The van der Waals surface area contributed by atoms with Crippen molar-refractivity contribution in [2.75, 3.05) is 55.4 Å². The minimum atomic E-state index is 1.12. The lowest BCUT2D eigenvalue weighted by atomic mass is 10.1. The number of nitrogens with zero attached hydrogens (tertiary/aromatic N) is 2. The van der Waals surface area contributed by atoms with Crippen molar-refractivity contribution in [1.82, 2.24) is 0 Å². The SMILES string of the molecule is C[N+](C)(C)CCCCCCCCCCCCC[N+](C)(C)C. The van der Waals surface area contributed by atoms with Crippen molar-refractivity contribution in [1.29, 1.82) is 0 Å². The van der Waals surface area contributed by atoms with Crippen molar-refractivity contribution < 1.29 is 8.97 Å². The van der Waals surface area contributed by atoms with Gasteiger partial charge < -0.3 is 8.97 Å². The van der Waals surface area contributed by atoms with Gasteiger partial charge in [0.05, 0.1) is 55.4 Å². The van der Waals surface area contributed by atoms with E-state index in [2.05, 4.69) is 42.3 Å². The molecule has 0 unspecified atom stereocenters. The van der Waals surface area contributed by atoms with Gasteiger partial charge in [-0.15, -0.1) is 0 Å². The van der Waals surface area contributed by atoms with Crippen LogP contribution in [0.4, 0.5) is 0 Å². The summed E-state index contributed by atoms with van der Waals surface area (Å²) in [4.78, 5) is 0. The summed E-state index contributed by atoms with van der Waals surface area (Å²) in [5.74, 6) is 0. The molecule has 0 aromatic heterocycles. The third kappa shape index (κ3) is 19.9. The molecule has 0 radical (unpaired) electrons.